The van der Waals surface area contributed by atoms with Crippen LogP contribution >= 0.6 is 24.8 Å². The van der Waals surface area contributed by atoms with E-state index < -0.39 is 11.9 Å². The molecule has 0 atom stereocenters. The van der Waals surface area contributed by atoms with Gasteiger partial charge in [-0.05, 0) is 43.7 Å². The summed E-state index contributed by atoms with van der Waals surface area (Å²) >= 11 is 0. The fourth-order valence-electron chi connectivity index (χ4n) is 3.33. The number of rotatable bonds is 9. The van der Waals surface area contributed by atoms with E-state index in [-0.39, 0.29) is 50.8 Å². The highest BCUT2D eigenvalue weighted by Crippen LogP contribution is 2.33. The zero-order chi connectivity index (χ0) is 21.6. The normalized spacial score (nSPS) is 10.3. The average molecular weight is 471 g/mol. The first-order chi connectivity index (χ1) is 13.7. The summed E-state index contributed by atoms with van der Waals surface area (Å²) in [6, 6.07) is 7.94. The highest BCUT2D eigenvalue weighted by atomic mass is 35.5. The number of carboxylic acid groups (broad SMARTS) is 1. The summed E-state index contributed by atoms with van der Waals surface area (Å²) in [7, 11) is 0. The quantitative estimate of drug-likeness (QED) is 0.399. The van der Waals surface area contributed by atoms with Crippen LogP contribution in [0.4, 0.5) is 0 Å². The molecule has 2 aromatic rings. The van der Waals surface area contributed by atoms with E-state index in [1.54, 1.807) is 6.92 Å². The fraction of sp³-hybridized carbons (Fsp3) is 0.435. The molecular weight excluding hydrogens is 439 g/mol. The number of nitrogens with two attached hydrogens (primary N) is 1. The van der Waals surface area contributed by atoms with Crippen molar-refractivity contribution in [2.45, 2.75) is 53.5 Å². The third-order valence-electron chi connectivity index (χ3n) is 4.68. The minimum Gasteiger partial charge on any atom is -0.481 e. The molecule has 0 aliphatic heterocycles. The third-order valence-corrected chi connectivity index (χ3v) is 4.68. The number of ether oxygens (including phenoxy) is 1. The van der Waals surface area contributed by atoms with Gasteiger partial charge in [-0.15, -0.1) is 24.8 Å². The topological polar surface area (TPSA) is 103 Å². The molecule has 0 saturated heterocycles. The number of pyridine rings is 1. The third kappa shape index (κ3) is 7.80. The molecule has 31 heavy (non-hydrogen) atoms. The maximum absolute atomic E-state index is 12.9. The number of carboxylic acids is 1. The molecule has 0 amide bonds. The van der Waals surface area contributed by atoms with E-state index >= 15 is 0 Å². The summed E-state index contributed by atoms with van der Waals surface area (Å²) in [5.41, 5.74) is 11.6. The summed E-state index contributed by atoms with van der Waals surface area (Å²) in [6.07, 6.45) is 0.986. The zero-order valence-electron chi connectivity index (χ0n) is 18.4. The van der Waals surface area contributed by atoms with Crippen molar-refractivity contribution in [2.75, 3.05) is 6.61 Å². The Balaban J connectivity index is 0.00000450. The molecule has 0 radical (unpaired) electrons. The van der Waals surface area contributed by atoms with E-state index in [1.165, 1.54) is 0 Å². The maximum atomic E-state index is 12.9. The van der Waals surface area contributed by atoms with Crippen LogP contribution in [0.1, 0.15) is 59.6 Å². The van der Waals surface area contributed by atoms with Gasteiger partial charge in [-0.2, -0.15) is 0 Å². The average Bonchev–Trinajstić information content (AvgIpc) is 2.64. The Morgan fingerprint density at radius 1 is 1.13 bits per heavy atom. The van der Waals surface area contributed by atoms with E-state index in [0.717, 1.165) is 34.4 Å². The van der Waals surface area contributed by atoms with Crippen molar-refractivity contribution < 1.29 is 19.4 Å². The Bertz CT molecular complexity index is 884. The van der Waals surface area contributed by atoms with Crippen LogP contribution in [-0.4, -0.2) is 28.6 Å². The second-order valence-electron chi connectivity index (χ2n) is 7.67. The molecule has 8 heteroatoms. The summed E-state index contributed by atoms with van der Waals surface area (Å²) in [6.45, 7) is 8.35. The van der Waals surface area contributed by atoms with Gasteiger partial charge in [0.25, 0.3) is 0 Å². The number of esters is 1. The van der Waals surface area contributed by atoms with Crippen LogP contribution in [0.2, 0.25) is 0 Å². The van der Waals surface area contributed by atoms with E-state index in [0.29, 0.717) is 17.2 Å². The molecule has 0 unspecified atom stereocenters. The number of aromatic nitrogens is 1. The molecule has 1 heterocycles. The van der Waals surface area contributed by atoms with Crippen molar-refractivity contribution in [2.24, 2.45) is 11.7 Å². The van der Waals surface area contributed by atoms with Gasteiger partial charge in [-0.25, -0.2) is 4.79 Å². The molecule has 0 aliphatic rings. The van der Waals surface area contributed by atoms with Gasteiger partial charge in [0.2, 0.25) is 0 Å². The van der Waals surface area contributed by atoms with Gasteiger partial charge in [-0.1, -0.05) is 43.7 Å². The predicted molar refractivity (Wildman–Crippen MR) is 127 cm³/mol. The number of halogens is 2. The molecular formula is C23H32Cl2N2O4. The molecule has 172 valence electrons. The number of benzene rings is 1. The molecule has 3 N–H and O–H groups in total. The van der Waals surface area contributed by atoms with Crippen LogP contribution in [0.25, 0.3) is 11.1 Å². The lowest BCUT2D eigenvalue weighted by Crippen LogP contribution is -2.17. The highest BCUT2D eigenvalue weighted by Gasteiger charge is 2.24. The molecule has 1 aromatic carbocycles. The number of carbonyl (C=O) groups excluding carboxylic acids is 1. The summed E-state index contributed by atoms with van der Waals surface area (Å²) < 4.78 is 5.38. The van der Waals surface area contributed by atoms with Crippen LogP contribution in [0.15, 0.2) is 24.3 Å². The van der Waals surface area contributed by atoms with Gasteiger partial charge < -0.3 is 15.6 Å². The van der Waals surface area contributed by atoms with E-state index in [4.69, 9.17) is 20.6 Å². The number of aliphatic carboxylic acids is 1. The van der Waals surface area contributed by atoms with Crippen LogP contribution in [0, 0.1) is 19.8 Å². The van der Waals surface area contributed by atoms with Crippen molar-refractivity contribution in [3.63, 3.8) is 0 Å². The summed E-state index contributed by atoms with van der Waals surface area (Å²) in [4.78, 5) is 28.3. The minimum absolute atomic E-state index is 0. The van der Waals surface area contributed by atoms with Gasteiger partial charge in [0.1, 0.15) is 0 Å². The zero-order valence-corrected chi connectivity index (χ0v) is 20.1. The SMILES string of the molecule is Cc1ccc(-c2c(CN)c(CC(C)C)nc(C)c2C(=O)OCCCC(=O)O)cc1.Cl.Cl. The van der Waals surface area contributed by atoms with Crippen molar-refractivity contribution in [3.8, 4) is 11.1 Å². The number of hydrogen-bond donors (Lipinski definition) is 2. The van der Waals surface area contributed by atoms with Gasteiger partial charge >= 0.3 is 11.9 Å². The van der Waals surface area contributed by atoms with Gasteiger partial charge in [0.05, 0.1) is 17.9 Å². The Labute approximate surface area is 196 Å². The van der Waals surface area contributed by atoms with Crippen molar-refractivity contribution in [1.82, 2.24) is 4.98 Å². The molecule has 0 aliphatic carbocycles. The fourth-order valence-corrected chi connectivity index (χ4v) is 3.33. The summed E-state index contributed by atoms with van der Waals surface area (Å²) in [5.74, 6) is -1.02. The van der Waals surface area contributed by atoms with Crippen molar-refractivity contribution >= 4 is 36.8 Å². The molecule has 0 spiro atoms. The second-order valence-corrected chi connectivity index (χ2v) is 7.67. The van der Waals surface area contributed by atoms with E-state index in [2.05, 4.69) is 13.8 Å². The van der Waals surface area contributed by atoms with Crippen LogP contribution in [0.3, 0.4) is 0 Å². The lowest BCUT2D eigenvalue weighted by molar-refractivity contribution is -0.137. The number of hydrogen-bond acceptors (Lipinski definition) is 5. The van der Waals surface area contributed by atoms with E-state index in [1.807, 2.05) is 31.2 Å². The smallest absolute Gasteiger partial charge is 0.340 e. The highest BCUT2D eigenvalue weighted by molar-refractivity contribution is 5.99. The second kappa shape index (κ2) is 13.3. The predicted octanol–water partition coefficient (Wildman–Crippen LogP) is 4.89. The first kappa shape index (κ1) is 28.9. The number of aryl methyl sites for hydroxylation is 2. The number of nitrogens with zero attached hydrogens (tertiary/aromatic N) is 1. The van der Waals surface area contributed by atoms with Crippen molar-refractivity contribution in [1.29, 1.82) is 0 Å². The lowest BCUT2D eigenvalue weighted by Gasteiger charge is -2.20. The molecule has 1 aromatic heterocycles. The van der Waals surface area contributed by atoms with Crippen LogP contribution in [0.5, 0.6) is 0 Å². The molecule has 0 saturated carbocycles. The Morgan fingerprint density at radius 3 is 2.26 bits per heavy atom. The van der Waals surface area contributed by atoms with Crippen LogP contribution in [-0.2, 0) is 22.5 Å². The van der Waals surface area contributed by atoms with Crippen LogP contribution < -0.4 is 5.73 Å². The monoisotopic (exact) mass is 470 g/mol. The van der Waals surface area contributed by atoms with Gasteiger partial charge in [0.15, 0.2) is 0 Å². The lowest BCUT2D eigenvalue weighted by atomic mass is 9.90. The first-order valence-corrected chi connectivity index (χ1v) is 9.93. The van der Waals surface area contributed by atoms with Crippen molar-refractivity contribution in [3.05, 3.63) is 52.3 Å². The molecule has 0 fully saturated rings. The van der Waals surface area contributed by atoms with Gasteiger partial charge in [0, 0.05) is 24.2 Å². The number of carbonyl (C=O) groups is 2. The first-order valence-electron chi connectivity index (χ1n) is 9.93. The molecule has 6 nitrogen and oxygen atoms in total. The Morgan fingerprint density at radius 2 is 1.74 bits per heavy atom. The minimum atomic E-state index is -0.914. The summed E-state index contributed by atoms with van der Waals surface area (Å²) in [5, 5.41) is 8.76. The van der Waals surface area contributed by atoms with E-state index in [9.17, 15) is 9.59 Å². The standard InChI is InChI=1S/C23H30N2O4.2ClH/c1-14(2)12-19-18(13-24)22(17-9-7-15(3)8-10-17)21(16(4)25-19)23(28)29-11-5-6-20(26)27;;/h7-10,14H,5-6,11-13,24H2,1-4H3,(H,26,27);2*1H. The molecule has 2 rings (SSSR count). The molecule has 0 bridgehead atoms. The maximum Gasteiger partial charge on any atom is 0.340 e. The Kier molecular flexibility index (Phi) is 12.4. The Hall–Kier alpha value is -2.15. The van der Waals surface area contributed by atoms with Gasteiger partial charge in [-0.3, -0.25) is 9.78 Å². The largest absolute Gasteiger partial charge is 0.481 e.